The zero-order valence-electron chi connectivity index (χ0n) is 8.70. The zero-order valence-corrected chi connectivity index (χ0v) is 8.70. The molecule has 2 fully saturated rings. The van der Waals surface area contributed by atoms with Crippen LogP contribution in [0.1, 0.15) is 26.2 Å². The average molecular weight is 197 g/mol. The van der Waals surface area contributed by atoms with E-state index in [0.29, 0.717) is 12.1 Å². The summed E-state index contributed by atoms with van der Waals surface area (Å²) in [6.45, 7) is 3.88. The lowest BCUT2D eigenvalue weighted by molar-refractivity contribution is -0.122. The highest BCUT2D eigenvalue weighted by Crippen LogP contribution is 2.21. The molecule has 0 spiro atoms. The number of rotatable bonds is 2. The summed E-state index contributed by atoms with van der Waals surface area (Å²) in [5, 5.41) is 3.58. The first-order chi connectivity index (χ1) is 6.66. The zero-order chi connectivity index (χ0) is 10.1. The van der Waals surface area contributed by atoms with Gasteiger partial charge in [-0.05, 0) is 26.2 Å². The molecular formula is C10H19N3O. The standard InChI is InChI=1S/C10H19N3O/c1-7(10(11)14)13-5-4-8-2-3-9(6-13)12-8/h7-9,12H,2-6H2,1H3,(H2,11,14). The Morgan fingerprint density at radius 1 is 1.43 bits per heavy atom. The highest BCUT2D eigenvalue weighted by molar-refractivity contribution is 5.79. The molecule has 1 amide bonds. The number of nitrogens with zero attached hydrogens (tertiary/aromatic N) is 1. The quantitative estimate of drug-likeness (QED) is 0.638. The number of carbonyl (C=O) groups excluding carboxylic acids is 1. The van der Waals surface area contributed by atoms with E-state index in [1.165, 1.54) is 12.8 Å². The van der Waals surface area contributed by atoms with Crippen LogP contribution in [0.5, 0.6) is 0 Å². The van der Waals surface area contributed by atoms with Crippen LogP contribution >= 0.6 is 0 Å². The number of likely N-dealkylation sites (tertiary alicyclic amines) is 1. The molecular weight excluding hydrogens is 178 g/mol. The molecule has 4 heteroatoms. The fourth-order valence-electron chi connectivity index (χ4n) is 2.50. The Morgan fingerprint density at radius 3 is 2.86 bits per heavy atom. The summed E-state index contributed by atoms with van der Waals surface area (Å²) in [5.74, 6) is -0.206. The van der Waals surface area contributed by atoms with Crippen LogP contribution in [0.3, 0.4) is 0 Å². The van der Waals surface area contributed by atoms with Gasteiger partial charge in [0, 0.05) is 25.2 Å². The molecule has 80 valence electrons. The first-order valence-corrected chi connectivity index (χ1v) is 5.46. The average Bonchev–Trinajstić information content (AvgIpc) is 2.45. The molecule has 2 heterocycles. The number of amides is 1. The van der Waals surface area contributed by atoms with Crippen LogP contribution in [0.2, 0.25) is 0 Å². The van der Waals surface area contributed by atoms with Crippen molar-refractivity contribution in [1.29, 1.82) is 0 Å². The molecule has 2 saturated heterocycles. The van der Waals surface area contributed by atoms with E-state index in [1.54, 1.807) is 0 Å². The van der Waals surface area contributed by atoms with Crippen LogP contribution in [0.4, 0.5) is 0 Å². The smallest absolute Gasteiger partial charge is 0.234 e. The molecule has 2 aliphatic rings. The molecule has 2 aliphatic heterocycles. The summed E-state index contributed by atoms with van der Waals surface area (Å²) in [5.41, 5.74) is 5.31. The number of nitrogens with one attached hydrogen (secondary N) is 1. The number of hydrogen-bond acceptors (Lipinski definition) is 3. The van der Waals surface area contributed by atoms with E-state index in [0.717, 1.165) is 19.5 Å². The molecule has 0 saturated carbocycles. The number of carbonyl (C=O) groups is 1. The van der Waals surface area contributed by atoms with E-state index in [1.807, 2.05) is 6.92 Å². The third-order valence-corrected chi connectivity index (χ3v) is 3.51. The van der Waals surface area contributed by atoms with Gasteiger partial charge < -0.3 is 11.1 Å². The lowest BCUT2D eigenvalue weighted by atomic mass is 10.1. The van der Waals surface area contributed by atoms with Crippen molar-refractivity contribution in [3.05, 3.63) is 0 Å². The van der Waals surface area contributed by atoms with Crippen LogP contribution in [-0.2, 0) is 4.79 Å². The van der Waals surface area contributed by atoms with Crippen molar-refractivity contribution in [2.24, 2.45) is 5.73 Å². The summed E-state index contributed by atoms with van der Waals surface area (Å²) in [7, 11) is 0. The van der Waals surface area contributed by atoms with Crippen molar-refractivity contribution in [2.75, 3.05) is 13.1 Å². The van der Waals surface area contributed by atoms with E-state index in [-0.39, 0.29) is 11.9 Å². The lowest BCUT2D eigenvalue weighted by Gasteiger charge is -2.28. The first kappa shape index (κ1) is 9.93. The summed E-state index contributed by atoms with van der Waals surface area (Å²) in [6, 6.07) is 1.13. The Balaban J connectivity index is 1.97. The third-order valence-electron chi connectivity index (χ3n) is 3.51. The van der Waals surface area contributed by atoms with Gasteiger partial charge in [-0.1, -0.05) is 0 Å². The molecule has 0 aliphatic carbocycles. The maximum atomic E-state index is 11.1. The number of fused-ring (bicyclic) bond motifs is 2. The summed E-state index contributed by atoms with van der Waals surface area (Å²) < 4.78 is 0. The molecule has 0 aromatic rings. The van der Waals surface area contributed by atoms with Crippen molar-refractivity contribution < 1.29 is 4.79 Å². The molecule has 0 aromatic carbocycles. The van der Waals surface area contributed by atoms with Crippen molar-refractivity contribution in [3.63, 3.8) is 0 Å². The Bertz CT molecular complexity index is 231. The van der Waals surface area contributed by atoms with Gasteiger partial charge in [-0.3, -0.25) is 9.69 Å². The monoisotopic (exact) mass is 197 g/mol. The highest BCUT2D eigenvalue weighted by Gasteiger charge is 2.31. The van der Waals surface area contributed by atoms with Gasteiger partial charge in [0.1, 0.15) is 0 Å². The predicted molar refractivity (Wildman–Crippen MR) is 54.8 cm³/mol. The fraction of sp³-hybridized carbons (Fsp3) is 0.900. The molecule has 2 rings (SSSR count). The maximum Gasteiger partial charge on any atom is 0.234 e. The predicted octanol–water partition coefficient (Wildman–Crippen LogP) is -0.313. The van der Waals surface area contributed by atoms with Crippen molar-refractivity contribution in [2.45, 2.75) is 44.3 Å². The Morgan fingerprint density at radius 2 is 2.14 bits per heavy atom. The largest absolute Gasteiger partial charge is 0.368 e. The molecule has 3 atom stereocenters. The normalized spacial score (nSPS) is 35.2. The third kappa shape index (κ3) is 1.91. The minimum atomic E-state index is -0.206. The van der Waals surface area contributed by atoms with E-state index in [2.05, 4.69) is 10.2 Å². The minimum absolute atomic E-state index is 0.115. The van der Waals surface area contributed by atoms with E-state index < -0.39 is 0 Å². The second-order valence-corrected chi connectivity index (χ2v) is 4.50. The van der Waals surface area contributed by atoms with Gasteiger partial charge in [0.05, 0.1) is 6.04 Å². The van der Waals surface area contributed by atoms with Crippen molar-refractivity contribution >= 4 is 5.91 Å². The van der Waals surface area contributed by atoms with E-state index in [9.17, 15) is 4.79 Å². The molecule has 2 bridgehead atoms. The molecule has 3 unspecified atom stereocenters. The van der Waals surface area contributed by atoms with Gasteiger partial charge in [0.15, 0.2) is 0 Å². The molecule has 4 nitrogen and oxygen atoms in total. The molecule has 0 aromatic heterocycles. The van der Waals surface area contributed by atoms with Crippen LogP contribution in [0.15, 0.2) is 0 Å². The van der Waals surface area contributed by atoms with Crippen LogP contribution in [0.25, 0.3) is 0 Å². The summed E-state index contributed by atoms with van der Waals surface area (Å²) in [4.78, 5) is 13.3. The molecule has 14 heavy (non-hydrogen) atoms. The maximum absolute atomic E-state index is 11.1. The van der Waals surface area contributed by atoms with E-state index >= 15 is 0 Å². The Kier molecular flexibility index (Phi) is 2.74. The Hall–Kier alpha value is -0.610. The summed E-state index contributed by atoms with van der Waals surface area (Å²) in [6.07, 6.45) is 3.68. The van der Waals surface area contributed by atoms with Gasteiger partial charge in [-0.2, -0.15) is 0 Å². The fourth-order valence-corrected chi connectivity index (χ4v) is 2.50. The second-order valence-electron chi connectivity index (χ2n) is 4.50. The lowest BCUT2D eigenvalue weighted by Crippen LogP contribution is -2.46. The van der Waals surface area contributed by atoms with Gasteiger partial charge >= 0.3 is 0 Å². The number of hydrogen-bond donors (Lipinski definition) is 2. The molecule has 0 radical (unpaired) electrons. The van der Waals surface area contributed by atoms with Crippen LogP contribution in [0, 0.1) is 0 Å². The van der Waals surface area contributed by atoms with Gasteiger partial charge in [-0.15, -0.1) is 0 Å². The van der Waals surface area contributed by atoms with Crippen molar-refractivity contribution in [1.82, 2.24) is 10.2 Å². The van der Waals surface area contributed by atoms with Crippen LogP contribution < -0.4 is 11.1 Å². The topological polar surface area (TPSA) is 58.4 Å². The minimum Gasteiger partial charge on any atom is -0.368 e. The second kappa shape index (κ2) is 3.87. The van der Waals surface area contributed by atoms with Gasteiger partial charge in [0.25, 0.3) is 0 Å². The van der Waals surface area contributed by atoms with Crippen LogP contribution in [-0.4, -0.2) is 42.0 Å². The SMILES string of the molecule is CC(C(N)=O)N1CCC2CCC(C1)N2. The Labute approximate surface area is 84.8 Å². The highest BCUT2D eigenvalue weighted by atomic mass is 16.1. The summed E-state index contributed by atoms with van der Waals surface area (Å²) >= 11 is 0. The van der Waals surface area contributed by atoms with Crippen molar-refractivity contribution in [3.8, 4) is 0 Å². The number of primary amides is 1. The first-order valence-electron chi connectivity index (χ1n) is 5.46. The van der Waals surface area contributed by atoms with E-state index in [4.69, 9.17) is 5.73 Å². The van der Waals surface area contributed by atoms with Gasteiger partial charge in [-0.25, -0.2) is 0 Å². The number of nitrogens with two attached hydrogens (primary N) is 1. The van der Waals surface area contributed by atoms with Gasteiger partial charge in [0.2, 0.25) is 5.91 Å². The molecule has 3 N–H and O–H groups in total.